The van der Waals surface area contributed by atoms with Crippen molar-refractivity contribution in [1.29, 1.82) is 0 Å². The predicted octanol–water partition coefficient (Wildman–Crippen LogP) is 3.72. The minimum Gasteiger partial charge on any atom is -0.399 e. The van der Waals surface area contributed by atoms with Crippen molar-refractivity contribution in [3.63, 3.8) is 0 Å². The highest BCUT2D eigenvalue weighted by Crippen LogP contribution is 2.29. The number of nitrogens with zero attached hydrogens (tertiary/aromatic N) is 2. The van der Waals surface area contributed by atoms with Gasteiger partial charge in [-0.2, -0.15) is 0 Å². The average Bonchev–Trinajstić information content (AvgIpc) is 2.77. The maximum Gasteiger partial charge on any atom is 0.133 e. The molecule has 0 aromatic carbocycles. The molecule has 2 rings (SSSR count). The summed E-state index contributed by atoms with van der Waals surface area (Å²) in [6.07, 6.45) is 5.13. The largest absolute Gasteiger partial charge is 0.399 e. The molecule has 100 valence electrons. The Kier molecular flexibility index (Phi) is 4.33. The number of pyridine rings is 1. The van der Waals surface area contributed by atoms with Crippen LogP contribution in [-0.4, -0.2) is 17.6 Å². The summed E-state index contributed by atoms with van der Waals surface area (Å²) in [5.41, 5.74) is 6.57. The van der Waals surface area contributed by atoms with Gasteiger partial charge < -0.3 is 10.6 Å². The van der Waals surface area contributed by atoms with Crippen molar-refractivity contribution in [1.82, 2.24) is 4.98 Å². The molecule has 1 heterocycles. The highest BCUT2D eigenvalue weighted by molar-refractivity contribution is 6.29. The molecule has 1 saturated carbocycles. The maximum atomic E-state index is 6.02. The summed E-state index contributed by atoms with van der Waals surface area (Å²) in [4.78, 5) is 6.83. The van der Waals surface area contributed by atoms with E-state index in [9.17, 15) is 0 Å². The Morgan fingerprint density at radius 2 is 2.06 bits per heavy atom. The molecule has 0 radical (unpaired) electrons. The van der Waals surface area contributed by atoms with Gasteiger partial charge in [0.05, 0.1) is 0 Å². The van der Waals surface area contributed by atoms with E-state index in [0.717, 1.165) is 12.4 Å². The normalized spacial score (nSPS) is 16.4. The highest BCUT2D eigenvalue weighted by Gasteiger charge is 2.24. The molecule has 18 heavy (non-hydrogen) atoms. The topological polar surface area (TPSA) is 42.1 Å². The minimum absolute atomic E-state index is 0.483. The van der Waals surface area contributed by atoms with Crippen molar-refractivity contribution in [3.05, 3.63) is 17.3 Å². The fourth-order valence-corrected chi connectivity index (χ4v) is 2.90. The molecule has 1 aromatic rings. The van der Waals surface area contributed by atoms with Gasteiger partial charge in [0.2, 0.25) is 0 Å². The standard InChI is InChI=1S/C14H22ClN3/c1-10(2)9-18(12-5-3-4-6-12)14-8-11(16)7-13(15)17-14/h7-8,10,12H,3-6,9H2,1-2H3,(H2,16,17). The fourth-order valence-electron chi connectivity index (χ4n) is 2.69. The van der Waals surface area contributed by atoms with Crippen molar-refractivity contribution in [2.45, 2.75) is 45.6 Å². The molecule has 1 aromatic heterocycles. The van der Waals surface area contributed by atoms with Gasteiger partial charge in [0.1, 0.15) is 11.0 Å². The van der Waals surface area contributed by atoms with Crippen LogP contribution in [0.5, 0.6) is 0 Å². The maximum absolute atomic E-state index is 6.02. The summed E-state index contributed by atoms with van der Waals surface area (Å²) in [6, 6.07) is 4.23. The molecule has 0 amide bonds. The van der Waals surface area contributed by atoms with Crippen LogP contribution >= 0.6 is 11.6 Å². The molecule has 1 aliphatic carbocycles. The second-order valence-corrected chi connectivity index (χ2v) is 5.95. The number of halogens is 1. The summed E-state index contributed by atoms with van der Waals surface area (Å²) in [5, 5.41) is 0.483. The lowest BCUT2D eigenvalue weighted by molar-refractivity contribution is 0.531. The van der Waals surface area contributed by atoms with Crippen LogP contribution in [0.4, 0.5) is 11.5 Å². The van der Waals surface area contributed by atoms with E-state index in [0.29, 0.717) is 22.8 Å². The molecule has 0 bridgehead atoms. The summed E-state index contributed by atoms with van der Waals surface area (Å²) >= 11 is 6.02. The quantitative estimate of drug-likeness (QED) is 0.846. The van der Waals surface area contributed by atoms with Crippen molar-refractivity contribution in [2.75, 3.05) is 17.2 Å². The fraction of sp³-hybridized carbons (Fsp3) is 0.643. The van der Waals surface area contributed by atoms with Crippen molar-refractivity contribution < 1.29 is 0 Å². The van der Waals surface area contributed by atoms with Crippen molar-refractivity contribution in [2.24, 2.45) is 5.92 Å². The Morgan fingerprint density at radius 3 is 2.61 bits per heavy atom. The lowest BCUT2D eigenvalue weighted by Gasteiger charge is -2.32. The SMILES string of the molecule is CC(C)CN(c1cc(N)cc(Cl)n1)C1CCCC1. The molecule has 0 saturated heterocycles. The third-order valence-corrected chi connectivity index (χ3v) is 3.62. The molecule has 0 aliphatic heterocycles. The molecule has 4 heteroatoms. The van der Waals surface area contributed by atoms with E-state index < -0.39 is 0 Å². The molecular formula is C14H22ClN3. The van der Waals surface area contributed by atoms with E-state index in [1.54, 1.807) is 6.07 Å². The lowest BCUT2D eigenvalue weighted by atomic mass is 10.1. The Labute approximate surface area is 114 Å². The molecule has 0 spiro atoms. The van der Waals surface area contributed by atoms with E-state index in [1.807, 2.05) is 6.07 Å². The number of nitrogen functional groups attached to an aromatic ring is 1. The van der Waals surface area contributed by atoms with Crippen LogP contribution in [0.25, 0.3) is 0 Å². The molecule has 3 nitrogen and oxygen atoms in total. The van der Waals surface area contributed by atoms with E-state index >= 15 is 0 Å². The molecule has 1 aliphatic rings. The summed E-state index contributed by atoms with van der Waals surface area (Å²) in [6.45, 7) is 5.48. The van der Waals surface area contributed by atoms with Crippen LogP contribution in [0.1, 0.15) is 39.5 Å². The number of anilines is 2. The first-order valence-corrected chi connectivity index (χ1v) is 7.14. The Hall–Kier alpha value is -0.960. The van der Waals surface area contributed by atoms with Crippen LogP contribution in [0.2, 0.25) is 5.15 Å². The van der Waals surface area contributed by atoms with Gasteiger partial charge in [-0.25, -0.2) is 4.98 Å². The number of aromatic nitrogens is 1. The zero-order valence-electron chi connectivity index (χ0n) is 11.2. The molecule has 0 unspecified atom stereocenters. The summed E-state index contributed by atoms with van der Waals surface area (Å²) < 4.78 is 0. The zero-order chi connectivity index (χ0) is 13.1. The molecular weight excluding hydrogens is 246 g/mol. The number of rotatable bonds is 4. The highest BCUT2D eigenvalue weighted by atomic mass is 35.5. The predicted molar refractivity (Wildman–Crippen MR) is 78.1 cm³/mol. The van der Waals surface area contributed by atoms with E-state index in [2.05, 4.69) is 23.7 Å². The Bertz CT molecular complexity index is 380. The molecule has 2 N–H and O–H groups in total. The first kappa shape index (κ1) is 13.5. The number of hydrogen-bond acceptors (Lipinski definition) is 3. The third kappa shape index (κ3) is 3.29. The van der Waals surface area contributed by atoms with Crippen LogP contribution in [0.3, 0.4) is 0 Å². The molecule has 1 fully saturated rings. The monoisotopic (exact) mass is 267 g/mol. The zero-order valence-corrected chi connectivity index (χ0v) is 12.0. The van der Waals surface area contributed by atoms with Crippen LogP contribution in [0.15, 0.2) is 12.1 Å². The van der Waals surface area contributed by atoms with Gasteiger partial charge in [-0.3, -0.25) is 0 Å². The summed E-state index contributed by atoms with van der Waals surface area (Å²) in [7, 11) is 0. The first-order chi connectivity index (χ1) is 8.56. The second-order valence-electron chi connectivity index (χ2n) is 5.57. The van der Waals surface area contributed by atoms with Gasteiger partial charge in [-0.15, -0.1) is 0 Å². The van der Waals surface area contributed by atoms with Crippen molar-refractivity contribution in [3.8, 4) is 0 Å². The third-order valence-electron chi connectivity index (χ3n) is 3.42. The van der Waals surface area contributed by atoms with E-state index in [-0.39, 0.29) is 0 Å². The van der Waals surface area contributed by atoms with Gasteiger partial charge in [0.25, 0.3) is 0 Å². The minimum atomic E-state index is 0.483. The van der Waals surface area contributed by atoms with Gasteiger partial charge in [-0.05, 0) is 24.8 Å². The van der Waals surface area contributed by atoms with E-state index in [4.69, 9.17) is 17.3 Å². The number of hydrogen-bond donors (Lipinski definition) is 1. The molecule has 0 atom stereocenters. The Morgan fingerprint density at radius 1 is 1.39 bits per heavy atom. The van der Waals surface area contributed by atoms with Gasteiger partial charge >= 0.3 is 0 Å². The summed E-state index contributed by atoms with van der Waals surface area (Å²) in [5.74, 6) is 1.54. The Balaban J connectivity index is 2.26. The van der Waals surface area contributed by atoms with Crippen LogP contribution < -0.4 is 10.6 Å². The second kappa shape index (κ2) is 5.79. The van der Waals surface area contributed by atoms with Gasteiger partial charge in [0, 0.05) is 24.3 Å². The van der Waals surface area contributed by atoms with Crippen LogP contribution in [-0.2, 0) is 0 Å². The van der Waals surface area contributed by atoms with Gasteiger partial charge in [-0.1, -0.05) is 38.3 Å². The van der Waals surface area contributed by atoms with Gasteiger partial charge in [0.15, 0.2) is 0 Å². The first-order valence-electron chi connectivity index (χ1n) is 6.76. The smallest absolute Gasteiger partial charge is 0.133 e. The average molecular weight is 268 g/mol. The van der Waals surface area contributed by atoms with E-state index in [1.165, 1.54) is 25.7 Å². The lowest BCUT2D eigenvalue weighted by Crippen LogP contribution is -2.37. The van der Waals surface area contributed by atoms with Crippen molar-refractivity contribution >= 4 is 23.1 Å². The van der Waals surface area contributed by atoms with Crippen LogP contribution in [0, 0.1) is 5.92 Å². The number of nitrogens with two attached hydrogens (primary N) is 1.